The van der Waals surface area contributed by atoms with Crippen molar-refractivity contribution >= 4 is 46.6 Å². The van der Waals surface area contributed by atoms with Crippen molar-refractivity contribution in [2.24, 2.45) is 0 Å². The van der Waals surface area contributed by atoms with Gasteiger partial charge in [-0.25, -0.2) is 0 Å². The number of ether oxygens (including phenoxy) is 1. The van der Waals surface area contributed by atoms with E-state index in [9.17, 15) is 9.59 Å². The molecule has 0 spiro atoms. The first-order valence-electron chi connectivity index (χ1n) is 5.74. The van der Waals surface area contributed by atoms with Crippen LogP contribution in [-0.2, 0) is 20.1 Å². The van der Waals surface area contributed by atoms with Gasteiger partial charge in [-0.15, -0.1) is 23.1 Å². The molecule has 1 aromatic heterocycles. The second-order valence-electron chi connectivity index (χ2n) is 4.08. The second-order valence-corrected chi connectivity index (χ2v) is 6.87. The second kappa shape index (κ2) is 8.45. The van der Waals surface area contributed by atoms with Crippen LogP contribution in [0.15, 0.2) is 12.1 Å². The number of amides is 1. The minimum Gasteiger partial charge on any atom is -0.455 e. The third-order valence-electron chi connectivity index (χ3n) is 1.91. The lowest BCUT2D eigenvalue weighted by Gasteiger charge is -2.08. The third-order valence-corrected chi connectivity index (χ3v) is 4.28. The third kappa shape index (κ3) is 7.44. The summed E-state index contributed by atoms with van der Waals surface area (Å²) in [5, 5.41) is 2.65. The summed E-state index contributed by atoms with van der Waals surface area (Å²) < 4.78 is 5.59. The highest BCUT2D eigenvalue weighted by Gasteiger charge is 2.09. The molecule has 0 unspecified atom stereocenters. The summed E-state index contributed by atoms with van der Waals surface area (Å²) in [5.74, 6) is 0.278. The van der Waals surface area contributed by atoms with E-state index in [1.54, 1.807) is 0 Å². The molecule has 7 heteroatoms. The Balaban J connectivity index is 2.13. The lowest BCUT2D eigenvalue weighted by Crippen LogP contribution is -2.34. The average Bonchev–Trinajstić information content (AvgIpc) is 2.71. The standard InChI is InChI=1S/C12H16ClNO3S2/c1-8(2)14-11(15)5-17-12(16)7-18-6-9-3-4-10(13)19-9/h3-4,8H,5-7H2,1-2H3,(H,14,15). The number of esters is 1. The predicted octanol–water partition coefficient (Wildman–Crippen LogP) is 2.70. The van der Waals surface area contributed by atoms with Gasteiger partial charge in [-0.05, 0) is 26.0 Å². The van der Waals surface area contributed by atoms with Crippen LogP contribution in [0.4, 0.5) is 0 Å². The molecule has 1 amide bonds. The molecule has 0 saturated carbocycles. The Labute approximate surface area is 125 Å². The first-order valence-corrected chi connectivity index (χ1v) is 8.09. The van der Waals surface area contributed by atoms with E-state index in [1.165, 1.54) is 23.1 Å². The molecule has 0 aromatic carbocycles. The molecule has 0 radical (unpaired) electrons. The Morgan fingerprint density at radius 1 is 1.47 bits per heavy atom. The van der Waals surface area contributed by atoms with E-state index in [1.807, 2.05) is 26.0 Å². The van der Waals surface area contributed by atoms with Gasteiger partial charge in [-0.1, -0.05) is 11.6 Å². The zero-order valence-corrected chi connectivity index (χ0v) is 13.2. The quantitative estimate of drug-likeness (QED) is 0.785. The van der Waals surface area contributed by atoms with Crippen LogP contribution in [0, 0.1) is 0 Å². The molecule has 0 aliphatic carbocycles. The molecular weight excluding hydrogens is 306 g/mol. The van der Waals surface area contributed by atoms with E-state index < -0.39 is 0 Å². The summed E-state index contributed by atoms with van der Waals surface area (Å²) in [5.41, 5.74) is 0. The van der Waals surface area contributed by atoms with Gasteiger partial charge < -0.3 is 10.1 Å². The maximum Gasteiger partial charge on any atom is 0.316 e. The van der Waals surface area contributed by atoms with Gasteiger partial charge in [0.25, 0.3) is 5.91 Å². The van der Waals surface area contributed by atoms with Crippen LogP contribution in [0.3, 0.4) is 0 Å². The monoisotopic (exact) mass is 321 g/mol. The molecule has 1 heterocycles. The van der Waals surface area contributed by atoms with E-state index in [2.05, 4.69) is 5.32 Å². The fourth-order valence-electron chi connectivity index (χ4n) is 1.22. The SMILES string of the molecule is CC(C)NC(=O)COC(=O)CSCc1ccc(Cl)s1. The van der Waals surface area contributed by atoms with Crippen LogP contribution in [0.5, 0.6) is 0 Å². The number of hydrogen-bond donors (Lipinski definition) is 1. The molecule has 0 aliphatic rings. The Kier molecular flexibility index (Phi) is 7.27. The lowest BCUT2D eigenvalue weighted by atomic mass is 10.4. The predicted molar refractivity (Wildman–Crippen MR) is 79.7 cm³/mol. The summed E-state index contributed by atoms with van der Waals surface area (Å²) in [6.07, 6.45) is 0. The van der Waals surface area contributed by atoms with Crippen LogP contribution in [0.25, 0.3) is 0 Å². The number of thiophene rings is 1. The van der Waals surface area contributed by atoms with Gasteiger partial charge in [-0.3, -0.25) is 9.59 Å². The van der Waals surface area contributed by atoms with Crippen molar-refractivity contribution in [3.8, 4) is 0 Å². The van der Waals surface area contributed by atoms with E-state index >= 15 is 0 Å². The fourth-order valence-corrected chi connectivity index (χ4v) is 3.23. The summed E-state index contributed by atoms with van der Waals surface area (Å²) in [6, 6.07) is 3.81. The molecule has 1 aromatic rings. The number of halogens is 1. The Morgan fingerprint density at radius 2 is 2.21 bits per heavy atom. The van der Waals surface area contributed by atoms with Crippen molar-refractivity contribution in [1.29, 1.82) is 0 Å². The molecular formula is C12H16ClNO3S2. The molecule has 1 rings (SSSR count). The minimum absolute atomic E-state index is 0.0455. The molecule has 0 atom stereocenters. The largest absolute Gasteiger partial charge is 0.455 e. The van der Waals surface area contributed by atoms with Gasteiger partial charge in [0, 0.05) is 16.7 Å². The van der Waals surface area contributed by atoms with Crippen LogP contribution in [0.1, 0.15) is 18.7 Å². The number of hydrogen-bond acceptors (Lipinski definition) is 5. The number of thioether (sulfide) groups is 1. The first-order chi connectivity index (χ1) is 8.97. The van der Waals surface area contributed by atoms with Crippen LogP contribution < -0.4 is 5.32 Å². The van der Waals surface area contributed by atoms with Gasteiger partial charge in [0.2, 0.25) is 0 Å². The molecule has 106 valence electrons. The number of nitrogens with one attached hydrogen (secondary N) is 1. The van der Waals surface area contributed by atoms with Gasteiger partial charge >= 0.3 is 5.97 Å². The maximum atomic E-state index is 11.4. The summed E-state index contributed by atoms with van der Waals surface area (Å²) in [7, 11) is 0. The zero-order valence-electron chi connectivity index (χ0n) is 10.8. The minimum atomic E-state index is -0.383. The number of rotatable bonds is 7. The fraction of sp³-hybridized carbons (Fsp3) is 0.500. The molecule has 0 fully saturated rings. The first kappa shape index (κ1) is 16.3. The van der Waals surface area contributed by atoms with Crippen molar-refractivity contribution in [2.75, 3.05) is 12.4 Å². The van der Waals surface area contributed by atoms with E-state index in [0.29, 0.717) is 5.75 Å². The van der Waals surface area contributed by atoms with Crippen LogP contribution in [-0.4, -0.2) is 30.3 Å². The number of carbonyl (C=O) groups is 2. The van der Waals surface area contributed by atoms with Gasteiger partial charge in [-0.2, -0.15) is 0 Å². The van der Waals surface area contributed by atoms with Crippen molar-refractivity contribution in [2.45, 2.75) is 25.6 Å². The van der Waals surface area contributed by atoms with Crippen molar-refractivity contribution in [1.82, 2.24) is 5.32 Å². The molecule has 1 N–H and O–H groups in total. The zero-order chi connectivity index (χ0) is 14.3. The highest BCUT2D eigenvalue weighted by atomic mass is 35.5. The Bertz CT molecular complexity index is 434. The van der Waals surface area contributed by atoms with E-state index in [4.69, 9.17) is 16.3 Å². The van der Waals surface area contributed by atoms with Crippen molar-refractivity contribution < 1.29 is 14.3 Å². The molecule has 0 saturated heterocycles. The molecule has 0 bridgehead atoms. The molecule has 19 heavy (non-hydrogen) atoms. The highest BCUT2D eigenvalue weighted by Crippen LogP contribution is 2.25. The van der Waals surface area contributed by atoms with E-state index in [0.717, 1.165) is 9.21 Å². The van der Waals surface area contributed by atoms with Gasteiger partial charge in [0.15, 0.2) is 6.61 Å². The summed E-state index contributed by atoms with van der Waals surface area (Å²) in [6.45, 7) is 3.48. The molecule has 0 aliphatic heterocycles. The molecule has 4 nitrogen and oxygen atoms in total. The summed E-state index contributed by atoms with van der Waals surface area (Å²) >= 11 is 8.73. The Hall–Kier alpha value is -0.720. The summed E-state index contributed by atoms with van der Waals surface area (Å²) in [4.78, 5) is 23.7. The maximum absolute atomic E-state index is 11.4. The van der Waals surface area contributed by atoms with Crippen LogP contribution >= 0.6 is 34.7 Å². The average molecular weight is 322 g/mol. The van der Waals surface area contributed by atoms with Gasteiger partial charge in [0.1, 0.15) is 0 Å². The normalized spacial score (nSPS) is 10.5. The van der Waals surface area contributed by atoms with Gasteiger partial charge in [0.05, 0.1) is 10.1 Å². The topological polar surface area (TPSA) is 55.4 Å². The van der Waals surface area contributed by atoms with Crippen LogP contribution in [0.2, 0.25) is 4.34 Å². The highest BCUT2D eigenvalue weighted by molar-refractivity contribution is 7.99. The van der Waals surface area contributed by atoms with E-state index in [-0.39, 0.29) is 30.3 Å². The Morgan fingerprint density at radius 3 is 2.79 bits per heavy atom. The number of carbonyl (C=O) groups excluding carboxylic acids is 2. The lowest BCUT2D eigenvalue weighted by molar-refractivity contribution is -0.146. The smallest absolute Gasteiger partial charge is 0.316 e. The van der Waals surface area contributed by atoms with Crippen molar-refractivity contribution in [3.05, 3.63) is 21.3 Å². The van der Waals surface area contributed by atoms with Crippen molar-refractivity contribution in [3.63, 3.8) is 0 Å².